The van der Waals surface area contributed by atoms with Crippen molar-refractivity contribution in [1.82, 2.24) is 0 Å². The maximum absolute atomic E-state index is 13.5. The van der Waals surface area contributed by atoms with Gasteiger partial charge in [0.15, 0.2) is 5.75 Å². The number of anilines is 2. The molecule has 0 unspecified atom stereocenters. The second-order valence-corrected chi connectivity index (χ2v) is 7.72. The number of carbonyl (C=O) groups excluding carboxylic acids is 1. The van der Waals surface area contributed by atoms with Gasteiger partial charge in [-0.25, -0.2) is 0 Å². The summed E-state index contributed by atoms with van der Waals surface area (Å²) in [4.78, 5) is 26.2. The van der Waals surface area contributed by atoms with E-state index in [0.717, 1.165) is 22.5 Å². The van der Waals surface area contributed by atoms with E-state index < -0.39 is 11.0 Å². The number of nitrogens with zero attached hydrogens (tertiary/aromatic N) is 2. The van der Waals surface area contributed by atoms with Crippen molar-refractivity contribution in [2.75, 3.05) is 17.3 Å². The highest BCUT2D eigenvalue weighted by molar-refractivity contribution is 6.11. The predicted octanol–water partition coefficient (Wildman–Crippen LogP) is 5.30. The number of nitrogens with one attached hydrogen (secondary N) is 1. The summed E-state index contributed by atoms with van der Waals surface area (Å²) >= 11 is 0. The lowest BCUT2D eigenvalue weighted by Gasteiger charge is -2.25. The highest BCUT2D eigenvalue weighted by atomic mass is 16.6. The van der Waals surface area contributed by atoms with Gasteiger partial charge in [-0.05, 0) is 66.9 Å². The summed E-state index contributed by atoms with van der Waals surface area (Å²) in [6, 6.07) is 19.6. The van der Waals surface area contributed by atoms with Crippen LogP contribution in [0.1, 0.15) is 22.7 Å². The van der Waals surface area contributed by atoms with Crippen LogP contribution in [0.25, 0.3) is 0 Å². The Balaban J connectivity index is 1.80. The Morgan fingerprint density at radius 1 is 1.00 bits per heavy atom. The lowest BCUT2D eigenvalue weighted by atomic mass is 10.0. The standard InChI is InChI=1S/C25H23N3O4/c1-16-6-4-8-19(12-16)26-21-15-22(18-10-11-24(32-3)23(14-18)28(30)31)27(25(21)29)20-9-5-7-17(2)13-20/h4-15,22,26H,1-3H3/t22-/m1/s1. The van der Waals surface area contributed by atoms with Gasteiger partial charge >= 0.3 is 5.69 Å². The highest BCUT2D eigenvalue weighted by Crippen LogP contribution is 2.39. The van der Waals surface area contributed by atoms with Crippen molar-refractivity contribution in [2.45, 2.75) is 19.9 Å². The highest BCUT2D eigenvalue weighted by Gasteiger charge is 2.36. The number of rotatable bonds is 6. The molecule has 0 bridgehead atoms. The number of hydrogen-bond acceptors (Lipinski definition) is 5. The van der Waals surface area contributed by atoms with E-state index in [2.05, 4.69) is 5.32 Å². The second kappa shape index (κ2) is 8.55. The van der Waals surface area contributed by atoms with Crippen LogP contribution in [0.3, 0.4) is 0 Å². The van der Waals surface area contributed by atoms with Crippen molar-refractivity contribution in [2.24, 2.45) is 0 Å². The fourth-order valence-corrected chi connectivity index (χ4v) is 3.87. The number of aryl methyl sites for hydroxylation is 2. The third kappa shape index (κ3) is 4.05. The molecule has 1 atom stereocenters. The number of ether oxygens (including phenoxy) is 1. The molecular weight excluding hydrogens is 406 g/mol. The van der Waals surface area contributed by atoms with Gasteiger partial charge in [0.2, 0.25) is 0 Å². The first-order valence-corrected chi connectivity index (χ1v) is 10.2. The first kappa shape index (κ1) is 21.1. The Morgan fingerprint density at radius 3 is 2.38 bits per heavy atom. The SMILES string of the molecule is COc1ccc([C@H]2C=C(Nc3cccc(C)c3)C(=O)N2c2cccc(C)c2)cc1[N+](=O)[O-]. The van der Waals surface area contributed by atoms with Crippen LogP contribution in [0, 0.1) is 24.0 Å². The number of hydrogen-bond donors (Lipinski definition) is 1. The van der Waals surface area contributed by atoms with E-state index in [1.165, 1.54) is 13.2 Å². The molecule has 3 aromatic carbocycles. The van der Waals surface area contributed by atoms with Gasteiger partial charge in [-0.2, -0.15) is 0 Å². The Hall–Kier alpha value is -4.13. The number of methoxy groups -OCH3 is 1. The number of amides is 1. The molecule has 0 spiro atoms. The minimum absolute atomic E-state index is 0.143. The van der Waals surface area contributed by atoms with Gasteiger partial charge in [0.05, 0.1) is 18.1 Å². The summed E-state index contributed by atoms with van der Waals surface area (Å²) in [5.74, 6) is -0.0344. The van der Waals surface area contributed by atoms with Crippen LogP contribution in [0.5, 0.6) is 5.75 Å². The number of nitro benzene ring substituents is 1. The lowest BCUT2D eigenvalue weighted by Crippen LogP contribution is -2.30. The summed E-state index contributed by atoms with van der Waals surface area (Å²) in [6.45, 7) is 3.94. The van der Waals surface area contributed by atoms with Crippen LogP contribution in [0.15, 0.2) is 78.5 Å². The minimum atomic E-state index is -0.513. The van der Waals surface area contributed by atoms with Gasteiger partial charge in [0.25, 0.3) is 5.91 Å². The van der Waals surface area contributed by atoms with Crippen molar-refractivity contribution >= 4 is 23.0 Å². The Bertz CT molecular complexity index is 1240. The minimum Gasteiger partial charge on any atom is -0.490 e. The monoisotopic (exact) mass is 429 g/mol. The van der Waals surface area contributed by atoms with Crippen molar-refractivity contribution < 1.29 is 14.5 Å². The van der Waals surface area contributed by atoms with Gasteiger partial charge < -0.3 is 10.1 Å². The average Bonchev–Trinajstić information content (AvgIpc) is 3.09. The molecule has 0 radical (unpaired) electrons. The molecule has 1 N–H and O–H groups in total. The fraction of sp³-hybridized carbons (Fsp3) is 0.160. The summed E-state index contributed by atoms with van der Waals surface area (Å²) < 4.78 is 5.13. The zero-order valence-electron chi connectivity index (χ0n) is 18.0. The van der Waals surface area contributed by atoms with Crippen LogP contribution in [-0.4, -0.2) is 17.9 Å². The van der Waals surface area contributed by atoms with Crippen LogP contribution >= 0.6 is 0 Å². The largest absolute Gasteiger partial charge is 0.490 e. The number of carbonyl (C=O) groups is 1. The van der Waals surface area contributed by atoms with Crippen molar-refractivity contribution in [3.63, 3.8) is 0 Å². The molecule has 3 aromatic rings. The van der Waals surface area contributed by atoms with Gasteiger partial charge in [0.1, 0.15) is 5.70 Å². The van der Waals surface area contributed by atoms with Gasteiger partial charge in [0, 0.05) is 17.4 Å². The molecule has 1 heterocycles. The third-order valence-corrected chi connectivity index (χ3v) is 5.37. The molecular formula is C25H23N3O4. The van der Waals surface area contributed by atoms with Crippen LogP contribution in [0.4, 0.5) is 17.1 Å². The van der Waals surface area contributed by atoms with Crippen molar-refractivity contribution in [1.29, 1.82) is 0 Å². The molecule has 32 heavy (non-hydrogen) atoms. The normalized spacial score (nSPS) is 15.5. The maximum Gasteiger partial charge on any atom is 0.311 e. The Labute approximate surface area is 186 Å². The Kier molecular flexibility index (Phi) is 5.64. The lowest BCUT2D eigenvalue weighted by molar-refractivity contribution is -0.385. The molecule has 0 aromatic heterocycles. The van der Waals surface area contributed by atoms with Gasteiger partial charge in [-0.3, -0.25) is 19.8 Å². The van der Waals surface area contributed by atoms with Crippen molar-refractivity contribution in [3.05, 3.63) is 105 Å². The van der Waals surface area contributed by atoms with E-state index in [1.54, 1.807) is 23.1 Å². The zero-order valence-corrected chi connectivity index (χ0v) is 18.0. The molecule has 162 valence electrons. The van der Waals surface area contributed by atoms with E-state index >= 15 is 0 Å². The first-order valence-electron chi connectivity index (χ1n) is 10.2. The van der Waals surface area contributed by atoms with Crippen LogP contribution in [-0.2, 0) is 4.79 Å². The topological polar surface area (TPSA) is 84.7 Å². The van der Waals surface area contributed by atoms with E-state index in [9.17, 15) is 14.9 Å². The summed E-state index contributed by atoms with van der Waals surface area (Å²) in [5, 5.41) is 14.8. The first-order chi connectivity index (χ1) is 15.4. The van der Waals surface area contributed by atoms with Crippen molar-refractivity contribution in [3.8, 4) is 5.75 Å². The third-order valence-electron chi connectivity index (χ3n) is 5.37. The molecule has 0 aliphatic carbocycles. The molecule has 1 aliphatic heterocycles. The summed E-state index contributed by atoms with van der Waals surface area (Å²) in [5.41, 5.74) is 4.49. The van der Waals surface area contributed by atoms with E-state index in [-0.39, 0.29) is 17.3 Å². The molecule has 7 heteroatoms. The van der Waals surface area contributed by atoms with E-state index in [1.807, 2.05) is 62.4 Å². The van der Waals surface area contributed by atoms with Gasteiger partial charge in [-0.15, -0.1) is 0 Å². The smallest absolute Gasteiger partial charge is 0.311 e. The van der Waals surface area contributed by atoms with Crippen LogP contribution in [0.2, 0.25) is 0 Å². The molecule has 0 fully saturated rings. The predicted molar refractivity (Wildman–Crippen MR) is 124 cm³/mol. The molecule has 1 aliphatic rings. The molecule has 1 amide bonds. The van der Waals surface area contributed by atoms with E-state index in [4.69, 9.17) is 4.74 Å². The number of benzene rings is 3. The number of nitro groups is 1. The average molecular weight is 429 g/mol. The second-order valence-electron chi connectivity index (χ2n) is 7.72. The molecule has 7 nitrogen and oxygen atoms in total. The molecule has 4 rings (SSSR count). The molecule has 0 saturated carbocycles. The fourth-order valence-electron chi connectivity index (χ4n) is 3.87. The van der Waals surface area contributed by atoms with E-state index in [0.29, 0.717) is 11.3 Å². The van der Waals surface area contributed by atoms with Crippen LogP contribution < -0.4 is 15.0 Å². The zero-order chi connectivity index (χ0) is 22.8. The summed E-state index contributed by atoms with van der Waals surface area (Å²) in [7, 11) is 1.39. The Morgan fingerprint density at radius 2 is 1.72 bits per heavy atom. The molecule has 0 saturated heterocycles. The maximum atomic E-state index is 13.5. The quantitative estimate of drug-likeness (QED) is 0.424. The summed E-state index contributed by atoms with van der Waals surface area (Å²) in [6.07, 6.45) is 1.80. The van der Waals surface area contributed by atoms with Gasteiger partial charge in [-0.1, -0.05) is 30.3 Å².